The third-order valence-corrected chi connectivity index (χ3v) is 3.66. The number of nitrogens with zero attached hydrogens (tertiary/aromatic N) is 5. The number of thiol groups is 1. The van der Waals surface area contributed by atoms with Gasteiger partial charge in [-0.25, -0.2) is 4.68 Å². The van der Waals surface area contributed by atoms with Gasteiger partial charge in [0.05, 0.1) is 11.4 Å². The predicted molar refractivity (Wildman–Crippen MR) is 96.0 cm³/mol. The summed E-state index contributed by atoms with van der Waals surface area (Å²) in [5, 5.41) is 15.6. The van der Waals surface area contributed by atoms with Crippen molar-refractivity contribution in [2.24, 2.45) is 15.4 Å². The Morgan fingerprint density at radius 2 is 1.83 bits per heavy atom. The molecule has 0 saturated carbocycles. The van der Waals surface area contributed by atoms with Crippen LogP contribution in [0.4, 0.5) is 22.9 Å². The zero-order valence-electron chi connectivity index (χ0n) is 12.8. The Bertz CT molecular complexity index is 920. The average molecular weight is 338 g/mol. The first kappa shape index (κ1) is 15.9. The van der Waals surface area contributed by atoms with Gasteiger partial charge in [0, 0.05) is 4.90 Å². The number of anilines is 1. The van der Waals surface area contributed by atoms with E-state index in [0.29, 0.717) is 27.8 Å². The summed E-state index contributed by atoms with van der Waals surface area (Å²) in [6, 6.07) is 14.3. The summed E-state index contributed by atoms with van der Waals surface area (Å²) in [6.07, 6.45) is 0. The Kier molecular flexibility index (Phi) is 4.39. The quantitative estimate of drug-likeness (QED) is 0.403. The fourth-order valence-electron chi connectivity index (χ4n) is 2.20. The molecule has 3 rings (SSSR count). The molecule has 120 valence electrons. The van der Waals surface area contributed by atoms with Crippen LogP contribution in [0.15, 0.2) is 68.8 Å². The molecule has 8 heteroatoms. The Morgan fingerprint density at radius 1 is 1.08 bits per heavy atom. The number of rotatable bonds is 4. The molecule has 7 nitrogen and oxygen atoms in total. The molecule has 0 fully saturated rings. The molecule has 0 amide bonds. The van der Waals surface area contributed by atoms with Crippen molar-refractivity contribution in [3.63, 3.8) is 0 Å². The van der Waals surface area contributed by atoms with E-state index in [1.165, 1.54) is 6.07 Å². The van der Waals surface area contributed by atoms with Crippen LogP contribution in [-0.4, -0.2) is 9.78 Å². The molecule has 2 aromatic carbocycles. The van der Waals surface area contributed by atoms with Gasteiger partial charge in [0.2, 0.25) is 0 Å². The summed E-state index contributed by atoms with van der Waals surface area (Å²) in [4.78, 5) is 11.5. The minimum absolute atomic E-state index is 0.165. The largest absolute Gasteiger partial charge is 0.382 e. The number of aromatic nitrogens is 2. The fourth-order valence-corrected chi connectivity index (χ4v) is 2.40. The molecule has 0 bridgehead atoms. The molecule has 3 aromatic rings. The van der Waals surface area contributed by atoms with Gasteiger partial charge in [-0.3, -0.25) is 0 Å². The molecular formula is C16H14N6OS. The molecular weight excluding hydrogens is 324 g/mol. The molecule has 0 radical (unpaired) electrons. The summed E-state index contributed by atoms with van der Waals surface area (Å²) in [6.45, 7) is 1.79. The highest BCUT2D eigenvalue weighted by Crippen LogP contribution is 2.34. The Balaban J connectivity index is 2.00. The van der Waals surface area contributed by atoms with Gasteiger partial charge in [-0.05, 0) is 42.4 Å². The second-order valence-electron chi connectivity index (χ2n) is 5.03. The van der Waals surface area contributed by atoms with Gasteiger partial charge in [-0.2, -0.15) is 5.10 Å². The lowest BCUT2D eigenvalue weighted by Crippen LogP contribution is -2.01. The molecule has 0 unspecified atom stereocenters. The minimum atomic E-state index is 0.165. The SMILES string of the molecule is Cc1nn(-c2ccccc2)c(N)c1N=Nc1ccc(S)cc1N=O. The van der Waals surface area contributed by atoms with E-state index in [2.05, 4.69) is 33.1 Å². The fraction of sp³-hybridized carbons (Fsp3) is 0.0625. The summed E-state index contributed by atoms with van der Waals surface area (Å²) < 4.78 is 1.60. The summed E-state index contributed by atoms with van der Waals surface area (Å²) in [5.41, 5.74) is 8.56. The van der Waals surface area contributed by atoms with E-state index < -0.39 is 0 Å². The highest BCUT2D eigenvalue weighted by molar-refractivity contribution is 7.80. The van der Waals surface area contributed by atoms with Gasteiger partial charge in [0.15, 0.2) is 11.5 Å². The Hall–Kier alpha value is -3.00. The van der Waals surface area contributed by atoms with Crippen LogP contribution in [0.3, 0.4) is 0 Å². The smallest absolute Gasteiger partial charge is 0.155 e. The number of hydrogen-bond acceptors (Lipinski definition) is 7. The van der Waals surface area contributed by atoms with Gasteiger partial charge in [0.1, 0.15) is 11.4 Å². The van der Waals surface area contributed by atoms with E-state index in [1.807, 2.05) is 30.3 Å². The van der Waals surface area contributed by atoms with Gasteiger partial charge in [-0.15, -0.1) is 27.8 Å². The van der Waals surface area contributed by atoms with Gasteiger partial charge in [-0.1, -0.05) is 18.2 Å². The topological polar surface area (TPSA) is 98.0 Å². The number of aryl methyl sites for hydroxylation is 1. The van der Waals surface area contributed by atoms with E-state index >= 15 is 0 Å². The van der Waals surface area contributed by atoms with Crippen molar-refractivity contribution in [2.75, 3.05) is 5.73 Å². The minimum Gasteiger partial charge on any atom is -0.382 e. The highest BCUT2D eigenvalue weighted by Gasteiger charge is 2.13. The maximum Gasteiger partial charge on any atom is 0.155 e. The summed E-state index contributed by atoms with van der Waals surface area (Å²) in [7, 11) is 0. The Morgan fingerprint density at radius 3 is 2.54 bits per heavy atom. The molecule has 1 heterocycles. The van der Waals surface area contributed by atoms with Gasteiger partial charge >= 0.3 is 0 Å². The van der Waals surface area contributed by atoms with E-state index in [1.54, 1.807) is 23.7 Å². The molecule has 0 spiro atoms. The number of hydrogen-bond donors (Lipinski definition) is 2. The number of azo groups is 1. The highest BCUT2D eigenvalue weighted by atomic mass is 32.1. The second-order valence-corrected chi connectivity index (χ2v) is 5.55. The monoisotopic (exact) mass is 338 g/mol. The lowest BCUT2D eigenvalue weighted by Gasteiger charge is -2.02. The lowest BCUT2D eigenvalue weighted by atomic mass is 10.3. The number of para-hydroxylation sites is 1. The maximum absolute atomic E-state index is 10.9. The molecule has 0 aliphatic carbocycles. The van der Waals surface area contributed by atoms with E-state index in [9.17, 15) is 4.91 Å². The molecule has 1 aromatic heterocycles. The van der Waals surface area contributed by atoms with Crippen molar-refractivity contribution < 1.29 is 0 Å². The maximum atomic E-state index is 10.9. The van der Waals surface area contributed by atoms with Crippen molar-refractivity contribution in [3.8, 4) is 5.69 Å². The number of nitrogen functional groups attached to an aromatic ring is 1. The number of nitrogens with two attached hydrogens (primary N) is 1. The first-order valence-electron chi connectivity index (χ1n) is 7.09. The normalized spacial score (nSPS) is 11.1. The van der Waals surface area contributed by atoms with Crippen LogP contribution in [0.2, 0.25) is 0 Å². The van der Waals surface area contributed by atoms with E-state index in [0.717, 1.165) is 5.69 Å². The first-order chi connectivity index (χ1) is 11.6. The molecule has 2 N–H and O–H groups in total. The van der Waals surface area contributed by atoms with E-state index in [4.69, 9.17) is 5.73 Å². The van der Waals surface area contributed by atoms with Crippen molar-refractivity contribution >= 4 is 35.5 Å². The predicted octanol–water partition coefficient (Wildman–Crippen LogP) is 4.86. The third kappa shape index (κ3) is 3.04. The van der Waals surface area contributed by atoms with Crippen molar-refractivity contribution in [1.29, 1.82) is 0 Å². The number of benzene rings is 2. The first-order valence-corrected chi connectivity index (χ1v) is 7.53. The molecule has 0 saturated heterocycles. The van der Waals surface area contributed by atoms with Crippen LogP contribution in [0.5, 0.6) is 0 Å². The molecule has 0 aliphatic heterocycles. The third-order valence-electron chi connectivity index (χ3n) is 3.38. The molecule has 24 heavy (non-hydrogen) atoms. The summed E-state index contributed by atoms with van der Waals surface area (Å²) in [5.74, 6) is 0.369. The van der Waals surface area contributed by atoms with Crippen molar-refractivity contribution in [2.45, 2.75) is 11.8 Å². The average Bonchev–Trinajstić information content (AvgIpc) is 2.89. The van der Waals surface area contributed by atoms with Crippen LogP contribution in [-0.2, 0) is 0 Å². The zero-order valence-corrected chi connectivity index (χ0v) is 13.7. The van der Waals surface area contributed by atoms with Crippen molar-refractivity contribution in [1.82, 2.24) is 9.78 Å². The van der Waals surface area contributed by atoms with Gasteiger partial charge < -0.3 is 5.73 Å². The number of nitroso groups, excluding NO2 is 1. The van der Waals surface area contributed by atoms with E-state index in [-0.39, 0.29) is 5.69 Å². The van der Waals surface area contributed by atoms with Crippen LogP contribution in [0.1, 0.15) is 5.69 Å². The zero-order chi connectivity index (χ0) is 17.1. The van der Waals surface area contributed by atoms with Crippen LogP contribution < -0.4 is 5.73 Å². The summed E-state index contributed by atoms with van der Waals surface area (Å²) >= 11 is 4.17. The molecule has 0 atom stereocenters. The standard InChI is InChI=1S/C16H14N6OS/c1-10-15(16(17)22(20-10)11-5-3-2-4-6-11)19-18-13-8-7-12(24)9-14(13)21-23/h2-9,24H,17H2,1H3. The van der Waals surface area contributed by atoms with Crippen LogP contribution in [0, 0.1) is 11.8 Å². The molecule has 0 aliphatic rings. The van der Waals surface area contributed by atoms with Crippen LogP contribution >= 0.6 is 12.6 Å². The Labute approximate surface area is 143 Å². The van der Waals surface area contributed by atoms with Crippen molar-refractivity contribution in [3.05, 3.63) is 59.1 Å². The van der Waals surface area contributed by atoms with Crippen LogP contribution in [0.25, 0.3) is 5.69 Å². The second kappa shape index (κ2) is 6.63. The lowest BCUT2D eigenvalue weighted by molar-refractivity contribution is 0.872. The van der Waals surface area contributed by atoms with Gasteiger partial charge in [0.25, 0.3) is 0 Å².